The summed E-state index contributed by atoms with van der Waals surface area (Å²) >= 11 is 5.91. The summed E-state index contributed by atoms with van der Waals surface area (Å²) in [7, 11) is 2.12. The molecule has 1 aliphatic rings. The molecule has 1 fully saturated rings. The number of carbonyl (C=O) groups excluding carboxylic acids is 2. The third-order valence-electron chi connectivity index (χ3n) is 6.74. The second-order valence-electron chi connectivity index (χ2n) is 9.64. The molecule has 0 radical (unpaired) electrons. The lowest BCUT2D eigenvalue weighted by atomic mass is 10.1. The van der Waals surface area contributed by atoms with Gasteiger partial charge in [0.25, 0.3) is 0 Å². The summed E-state index contributed by atoms with van der Waals surface area (Å²) in [5, 5.41) is 13.1. The van der Waals surface area contributed by atoms with Crippen molar-refractivity contribution in [3.05, 3.63) is 71.2 Å². The highest BCUT2D eigenvalue weighted by Crippen LogP contribution is 2.34. The number of nitrogens with zero attached hydrogens (tertiary/aromatic N) is 3. The Labute approximate surface area is 233 Å². The molecule has 12 heteroatoms. The highest BCUT2D eigenvalue weighted by molar-refractivity contribution is 6.33. The topological polar surface area (TPSA) is 93.4 Å². The number of piperazine rings is 1. The molecule has 5 rings (SSSR count). The Morgan fingerprint density at radius 3 is 2.35 bits per heavy atom. The summed E-state index contributed by atoms with van der Waals surface area (Å²) in [4.78, 5) is 29.4. The van der Waals surface area contributed by atoms with Crippen LogP contribution in [0.1, 0.15) is 12.0 Å². The number of H-pyrrole nitrogens is 1. The van der Waals surface area contributed by atoms with Crippen LogP contribution in [0.25, 0.3) is 22.2 Å². The number of nitrogens with one attached hydrogen (secondary N) is 3. The molecule has 0 saturated carbocycles. The van der Waals surface area contributed by atoms with Crippen molar-refractivity contribution in [3.63, 3.8) is 0 Å². The van der Waals surface area contributed by atoms with Gasteiger partial charge in [0.2, 0.25) is 11.8 Å². The van der Waals surface area contributed by atoms with E-state index in [4.69, 9.17) is 11.6 Å². The molecule has 2 heterocycles. The van der Waals surface area contributed by atoms with E-state index >= 15 is 0 Å². The third kappa shape index (κ3) is 6.21. The van der Waals surface area contributed by atoms with Crippen molar-refractivity contribution in [1.29, 1.82) is 0 Å². The number of hydrogen-bond acceptors (Lipinski definition) is 5. The van der Waals surface area contributed by atoms with Crippen LogP contribution in [0, 0.1) is 0 Å². The van der Waals surface area contributed by atoms with Gasteiger partial charge in [-0.05, 0) is 55.6 Å². The number of aromatic nitrogens is 2. The number of benzene rings is 3. The minimum atomic E-state index is -4.60. The van der Waals surface area contributed by atoms with Crippen LogP contribution in [-0.4, -0.2) is 60.1 Å². The first-order chi connectivity index (χ1) is 19.1. The van der Waals surface area contributed by atoms with E-state index in [9.17, 15) is 22.8 Å². The zero-order chi connectivity index (χ0) is 28.4. The molecular weight excluding hydrogens is 545 g/mol. The van der Waals surface area contributed by atoms with Gasteiger partial charge in [-0.1, -0.05) is 23.7 Å². The Morgan fingerprint density at radius 2 is 1.65 bits per heavy atom. The maximum atomic E-state index is 13.0. The summed E-state index contributed by atoms with van der Waals surface area (Å²) in [5.41, 5.74) is 2.83. The van der Waals surface area contributed by atoms with Gasteiger partial charge in [0, 0.05) is 48.5 Å². The van der Waals surface area contributed by atoms with E-state index in [2.05, 4.69) is 49.8 Å². The Hall–Kier alpha value is -4.09. The van der Waals surface area contributed by atoms with Crippen molar-refractivity contribution < 1.29 is 22.8 Å². The Kier molecular flexibility index (Phi) is 7.68. The average molecular weight is 571 g/mol. The first-order valence-corrected chi connectivity index (χ1v) is 12.9. The molecule has 0 aliphatic carbocycles. The van der Waals surface area contributed by atoms with Crippen LogP contribution in [0.15, 0.2) is 60.7 Å². The predicted octanol–water partition coefficient (Wildman–Crippen LogP) is 5.62. The quantitative estimate of drug-likeness (QED) is 0.262. The second kappa shape index (κ2) is 11.2. The average Bonchev–Trinajstić information content (AvgIpc) is 3.33. The predicted molar refractivity (Wildman–Crippen MR) is 150 cm³/mol. The summed E-state index contributed by atoms with van der Waals surface area (Å²) in [6.07, 6.45) is -5.21. The van der Waals surface area contributed by atoms with Gasteiger partial charge in [0.15, 0.2) is 0 Å². The van der Waals surface area contributed by atoms with Gasteiger partial charge in [-0.2, -0.15) is 18.3 Å². The molecule has 0 atom stereocenters. The van der Waals surface area contributed by atoms with E-state index in [1.165, 1.54) is 5.69 Å². The summed E-state index contributed by atoms with van der Waals surface area (Å²) < 4.78 is 38.9. The third-order valence-corrected chi connectivity index (χ3v) is 7.07. The highest BCUT2D eigenvalue weighted by Gasteiger charge is 2.31. The summed E-state index contributed by atoms with van der Waals surface area (Å²) in [6, 6.07) is 16.0. The Balaban J connectivity index is 1.22. The van der Waals surface area contributed by atoms with Crippen LogP contribution in [0.2, 0.25) is 5.02 Å². The molecule has 40 heavy (non-hydrogen) atoms. The van der Waals surface area contributed by atoms with Crippen LogP contribution in [0.4, 0.5) is 30.2 Å². The SMILES string of the molecule is CN1CCN(c2ccc(-c3n[nH]c4cc(NC(=O)CC(=O)Nc5cc(C(F)(F)F)ccc5Cl)ccc34)cc2)CC1. The number of hydrogen-bond donors (Lipinski definition) is 3. The molecule has 2 amide bonds. The Morgan fingerprint density at radius 1 is 0.950 bits per heavy atom. The van der Waals surface area contributed by atoms with Gasteiger partial charge in [0.1, 0.15) is 6.42 Å². The van der Waals surface area contributed by atoms with Gasteiger partial charge >= 0.3 is 6.18 Å². The van der Waals surface area contributed by atoms with Crippen LogP contribution < -0.4 is 15.5 Å². The number of fused-ring (bicyclic) bond motifs is 1. The number of rotatable bonds is 6. The molecule has 3 aromatic carbocycles. The number of halogens is 4. The molecule has 1 saturated heterocycles. The van der Waals surface area contributed by atoms with Gasteiger partial charge in [-0.25, -0.2) is 0 Å². The van der Waals surface area contributed by atoms with Crippen molar-refractivity contribution >= 4 is 51.4 Å². The maximum absolute atomic E-state index is 13.0. The van der Waals surface area contributed by atoms with Crippen LogP contribution >= 0.6 is 11.6 Å². The fourth-order valence-corrected chi connectivity index (χ4v) is 4.72. The lowest BCUT2D eigenvalue weighted by molar-refractivity contribution is -0.137. The second-order valence-corrected chi connectivity index (χ2v) is 10.0. The lowest BCUT2D eigenvalue weighted by Crippen LogP contribution is -2.44. The van der Waals surface area contributed by atoms with E-state index in [1.54, 1.807) is 12.1 Å². The van der Waals surface area contributed by atoms with Crippen molar-refractivity contribution in [1.82, 2.24) is 15.1 Å². The first-order valence-electron chi connectivity index (χ1n) is 12.6. The lowest BCUT2D eigenvalue weighted by Gasteiger charge is -2.34. The molecule has 1 aromatic heterocycles. The van der Waals surface area contributed by atoms with Crippen LogP contribution in [0.3, 0.4) is 0 Å². The maximum Gasteiger partial charge on any atom is 0.416 e. The number of amides is 2. The van der Waals surface area contributed by atoms with E-state index < -0.39 is 30.0 Å². The van der Waals surface area contributed by atoms with E-state index in [0.29, 0.717) is 11.2 Å². The standard InChI is InChI=1S/C28H26ClF3N6O2/c1-37-10-12-38(13-11-37)20-6-2-17(3-7-20)27-21-8-5-19(15-23(21)35-36-27)33-25(39)16-26(40)34-24-14-18(28(30,31)32)4-9-22(24)29/h2-9,14-15H,10-13,16H2,1H3,(H,33,39)(H,34,40)(H,35,36). The van der Waals surface area contributed by atoms with Crippen LogP contribution in [-0.2, 0) is 15.8 Å². The fraction of sp³-hybridized carbons (Fsp3) is 0.250. The molecule has 8 nitrogen and oxygen atoms in total. The monoisotopic (exact) mass is 570 g/mol. The van der Waals surface area contributed by atoms with Gasteiger partial charge in [0.05, 0.1) is 27.5 Å². The zero-order valence-electron chi connectivity index (χ0n) is 21.5. The van der Waals surface area contributed by atoms with Crippen molar-refractivity contribution in [2.24, 2.45) is 0 Å². The molecule has 208 valence electrons. The summed E-state index contributed by atoms with van der Waals surface area (Å²) in [5.74, 6) is -1.44. The normalized spacial score (nSPS) is 14.4. The van der Waals surface area contributed by atoms with Crippen molar-refractivity contribution in [2.45, 2.75) is 12.6 Å². The smallest absolute Gasteiger partial charge is 0.369 e. The molecule has 0 spiro atoms. The molecule has 3 N–H and O–H groups in total. The number of alkyl halides is 3. The van der Waals surface area contributed by atoms with Crippen molar-refractivity contribution in [2.75, 3.05) is 48.8 Å². The van der Waals surface area contributed by atoms with E-state index in [1.807, 2.05) is 18.2 Å². The molecular formula is C28H26ClF3N6O2. The minimum absolute atomic E-state index is 0.0729. The number of carbonyl (C=O) groups is 2. The first kappa shape index (κ1) is 27.5. The largest absolute Gasteiger partial charge is 0.416 e. The molecule has 1 aliphatic heterocycles. The Bertz CT molecular complexity index is 1550. The number of anilines is 3. The van der Waals surface area contributed by atoms with Crippen LogP contribution in [0.5, 0.6) is 0 Å². The van der Waals surface area contributed by atoms with Gasteiger partial charge < -0.3 is 20.4 Å². The number of likely N-dealkylation sites (N-methyl/N-ethyl adjacent to an activating group) is 1. The molecule has 0 unspecified atom stereocenters. The van der Waals surface area contributed by atoms with Gasteiger partial charge in [-0.15, -0.1) is 0 Å². The van der Waals surface area contributed by atoms with Crippen molar-refractivity contribution in [3.8, 4) is 11.3 Å². The van der Waals surface area contributed by atoms with E-state index in [0.717, 1.165) is 61.0 Å². The number of aromatic amines is 1. The molecule has 0 bridgehead atoms. The fourth-order valence-electron chi connectivity index (χ4n) is 4.55. The summed E-state index contributed by atoms with van der Waals surface area (Å²) in [6.45, 7) is 4.02. The minimum Gasteiger partial charge on any atom is -0.369 e. The van der Waals surface area contributed by atoms with Gasteiger partial charge in [-0.3, -0.25) is 14.7 Å². The van der Waals surface area contributed by atoms with E-state index in [-0.39, 0.29) is 10.7 Å². The highest BCUT2D eigenvalue weighted by atomic mass is 35.5. The molecule has 4 aromatic rings. The zero-order valence-corrected chi connectivity index (χ0v) is 22.2.